The molecular weight excluding hydrogens is 466 g/mol. The van der Waals surface area contributed by atoms with E-state index in [-0.39, 0.29) is 0 Å². The van der Waals surface area contributed by atoms with Crippen LogP contribution in [-0.2, 0) is 6.54 Å². The van der Waals surface area contributed by atoms with Crippen LogP contribution in [0.1, 0.15) is 33.2 Å². The van der Waals surface area contributed by atoms with Gasteiger partial charge in [0.25, 0.3) is 0 Å². The maximum atomic E-state index is 12.7. The monoisotopic (exact) mass is 497 g/mol. The van der Waals surface area contributed by atoms with Gasteiger partial charge in [0.1, 0.15) is 11.6 Å². The Labute approximate surface area is 217 Å². The van der Waals surface area contributed by atoms with Gasteiger partial charge in [-0.15, -0.1) is 6.58 Å². The smallest absolute Gasteiger partial charge is 0.157 e. The van der Waals surface area contributed by atoms with Gasteiger partial charge in [-0.1, -0.05) is 66.7 Å². The summed E-state index contributed by atoms with van der Waals surface area (Å²) < 4.78 is 8.91. The highest BCUT2D eigenvalue weighted by atomic mass is 32.2. The van der Waals surface area contributed by atoms with Crippen molar-refractivity contribution in [1.29, 1.82) is 0 Å². The summed E-state index contributed by atoms with van der Waals surface area (Å²) >= 11 is 1.63. The van der Waals surface area contributed by atoms with E-state index in [2.05, 4.69) is 15.8 Å². The molecule has 0 aliphatic rings. The number of fused-ring (bicyclic) bond motifs is 1. The highest BCUT2D eigenvalue weighted by Crippen LogP contribution is 2.43. The van der Waals surface area contributed by atoms with Gasteiger partial charge in [0, 0.05) is 36.5 Å². The first-order chi connectivity index (χ1) is 17.5. The molecule has 0 bridgehead atoms. The molecule has 0 atom stereocenters. The molecule has 0 saturated carbocycles. The molecule has 5 nitrogen and oxygen atoms in total. The third-order valence-electron chi connectivity index (χ3n) is 5.87. The Kier molecular flexibility index (Phi) is 8.41. The molecule has 0 saturated heterocycles. The number of rotatable bonds is 11. The van der Waals surface area contributed by atoms with Crippen LogP contribution in [0.2, 0.25) is 0 Å². The summed E-state index contributed by atoms with van der Waals surface area (Å²) in [5.41, 5.74) is 5.06. The summed E-state index contributed by atoms with van der Waals surface area (Å²) in [6.45, 7) is 4.43. The number of hydrogen-bond donors (Lipinski definition) is 0. The van der Waals surface area contributed by atoms with E-state index in [0.29, 0.717) is 23.4 Å². The fourth-order valence-corrected chi connectivity index (χ4v) is 5.01. The zero-order valence-corrected chi connectivity index (χ0v) is 21.7. The van der Waals surface area contributed by atoms with Crippen LogP contribution >= 0.6 is 11.9 Å². The van der Waals surface area contributed by atoms with Crippen LogP contribution in [0, 0.1) is 0 Å². The number of carbonyl (C=O) groups is 1. The Morgan fingerprint density at radius 3 is 2.17 bits per heavy atom. The van der Waals surface area contributed by atoms with Crippen molar-refractivity contribution in [3.8, 4) is 5.75 Å². The third-order valence-corrected chi connectivity index (χ3v) is 6.82. The lowest BCUT2D eigenvalue weighted by Crippen LogP contribution is -2.20. The van der Waals surface area contributed by atoms with Gasteiger partial charge in [-0.2, -0.15) is 0 Å². The quantitative estimate of drug-likeness (QED) is 0.133. The molecule has 1 aromatic heterocycles. The molecule has 0 radical (unpaired) electrons. The maximum absolute atomic E-state index is 12.7. The van der Waals surface area contributed by atoms with E-state index < -0.39 is 6.10 Å². The van der Waals surface area contributed by atoms with E-state index in [1.165, 1.54) is 0 Å². The second-order valence-electron chi connectivity index (χ2n) is 8.73. The van der Waals surface area contributed by atoms with Crippen molar-refractivity contribution in [3.05, 3.63) is 114 Å². The average Bonchev–Trinajstić information content (AvgIpc) is 2.90. The summed E-state index contributed by atoms with van der Waals surface area (Å²) in [6, 6.07) is 24.1. The summed E-state index contributed by atoms with van der Waals surface area (Å²) in [4.78, 5) is 19.5. The number of benzene rings is 3. The fraction of sp³-hybridized carbons (Fsp3) is 0.200. The Bertz CT molecular complexity index is 1290. The Morgan fingerprint density at radius 1 is 0.972 bits per heavy atom. The topological polar surface area (TPSA) is 45.7 Å². The van der Waals surface area contributed by atoms with E-state index in [1.54, 1.807) is 18.1 Å². The lowest BCUT2D eigenvalue weighted by molar-refractivity contribution is 0.111. The van der Waals surface area contributed by atoms with Gasteiger partial charge in [-0.25, -0.2) is 0 Å². The first-order valence-electron chi connectivity index (χ1n) is 11.8. The van der Waals surface area contributed by atoms with Crippen molar-refractivity contribution >= 4 is 34.8 Å². The SMILES string of the molecule is C=CCSN(C)c1c(CN(C)C)c(C=O)c(OC(c2ccccc2)c2ccccc2)c2ncccc12. The molecule has 0 spiro atoms. The highest BCUT2D eigenvalue weighted by Gasteiger charge is 2.27. The zero-order valence-electron chi connectivity index (χ0n) is 20.9. The predicted octanol–water partition coefficient (Wildman–Crippen LogP) is 6.55. The van der Waals surface area contributed by atoms with Crippen molar-refractivity contribution in [3.63, 3.8) is 0 Å². The minimum Gasteiger partial charge on any atom is -0.478 e. The van der Waals surface area contributed by atoms with Crippen LogP contribution < -0.4 is 9.04 Å². The van der Waals surface area contributed by atoms with Crippen molar-refractivity contribution in [1.82, 2.24) is 9.88 Å². The van der Waals surface area contributed by atoms with E-state index in [4.69, 9.17) is 9.72 Å². The van der Waals surface area contributed by atoms with Crippen LogP contribution in [0.4, 0.5) is 5.69 Å². The van der Waals surface area contributed by atoms with Crippen molar-refractivity contribution < 1.29 is 9.53 Å². The highest BCUT2D eigenvalue weighted by molar-refractivity contribution is 8.00. The van der Waals surface area contributed by atoms with Crippen molar-refractivity contribution in [2.45, 2.75) is 12.6 Å². The van der Waals surface area contributed by atoms with Crippen LogP contribution in [0.15, 0.2) is 91.6 Å². The molecule has 36 heavy (non-hydrogen) atoms. The molecule has 4 aromatic rings. The maximum Gasteiger partial charge on any atom is 0.157 e. The number of anilines is 1. The molecule has 0 aliphatic heterocycles. The molecule has 0 amide bonds. The number of hydrogen-bond acceptors (Lipinski definition) is 6. The van der Waals surface area contributed by atoms with Crippen LogP contribution in [0.25, 0.3) is 10.9 Å². The molecule has 0 unspecified atom stereocenters. The molecule has 3 aromatic carbocycles. The Morgan fingerprint density at radius 2 is 1.61 bits per heavy atom. The molecule has 0 aliphatic carbocycles. The van der Waals surface area contributed by atoms with E-state index >= 15 is 0 Å². The molecule has 1 heterocycles. The normalized spacial score (nSPS) is 11.1. The molecule has 6 heteroatoms. The van der Waals surface area contributed by atoms with Crippen LogP contribution in [0.5, 0.6) is 5.75 Å². The van der Waals surface area contributed by atoms with E-state index in [9.17, 15) is 4.79 Å². The number of nitrogens with zero attached hydrogens (tertiary/aromatic N) is 3. The molecular formula is C30H31N3O2S. The molecule has 0 fully saturated rings. The standard InChI is InChI=1S/C30H31N3O2S/c1-5-19-36-33(4)28-24-17-12-18-31-27(24)30(26(21-34)25(28)20-32(2)3)35-29(22-13-8-6-9-14-22)23-15-10-7-11-16-23/h5-18,21,29H,1,19-20H2,2-4H3. The lowest BCUT2D eigenvalue weighted by Gasteiger charge is -2.28. The van der Waals surface area contributed by atoms with Gasteiger partial charge in [-0.05, 0) is 49.3 Å². The Hall–Kier alpha value is -3.61. The van der Waals surface area contributed by atoms with E-state index in [1.807, 2.05) is 100 Å². The largest absolute Gasteiger partial charge is 0.478 e. The third kappa shape index (κ3) is 5.45. The summed E-state index contributed by atoms with van der Waals surface area (Å²) in [5.74, 6) is 1.25. The lowest BCUT2D eigenvalue weighted by atomic mass is 9.98. The van der Waals surface area contributed by atoms with Crippen molar-refractivity contribution in [2.75, 3.05) is 31.2 Å². The summed E-state index contributed by atoms with van der Waals surface area (Å²) in [5, 5.41) is 0.939. The van der Waals surface area contributed by atoms with E-state index in [0.717, 1.165) is 39.8 Å². The van der Waals surface area contributed by atoms with Gasteiger partial charge < -0.3 is 13.9 Å². The zero-order chi connectivity index (χ0) is 25.5. The van der Waals surface area contributed by atoms with Crippen molar-refractivity contribution in [2.24, 2.45) is 0 Å². The average molecular weight is 498 g/mol. The number of aldehydes is 1. The second kappa shape index (κ2) is 11.9. The van der Waals surface area contributed by atoms with Crippen LogP contribution in [0.3, 0.4) is 0 Å². The molecule has 0 N–H and O–H groups in total. The van der Waals surface area contributed by atoms with Gasteiger partial charge in [0.05, 0.1) is 11.3 Å². The van der Waals surface area contributed by atoms with Gasteiger partial charge in [0.2, 0.25) is 0 Å². The predicted molar refractivity (Wildman–Crippen MR) is 151 cm³/mol. The summed E-state index contributed by atoms with van der Waals surface area (Å²) in [6.07, 6.45) is 4.12. The Balaban J connectivity index is 1.98. The van der Waals surface area contributed by atoms with Gasteiger partial charge >= 0.3 is 0 Å². The minimum atomic E-state index is -0.401. The molecule has 4 rings (SSSR count). The fourth-order valence-electron chi connectivity index (χ4n) is 4.34. The number of ether oxygens (including phenoxy) is 1. The minimum absolute atomic E-state index is 0.401. The van der Waals surface area contributed by atoms with Gasteiger partial charge in [0.15, 0.2) is 12.0 Å². The number of pyridine rings is 1. The second-order valence-corrected chi connectivity index (χ2v) is 9.87. The number of aromatic nitrogens is 1. The van der Waals surface area contributed by atoms with Crippen LogP contribution in [-0.4, -0.2) is 43.1 Å². The molecule has 184 valence electrons. The van der Waals surface area contributed by atoms with Gasteiger partial charge in [-0.3, -0.25) is 9.78 Å². The summed E-state index contributed by atoms with van der Waals surface area (Å²) in [7, 11) is 6.01. The number of carbonyl (C=O) groups excluding carboxylic acids is 1. The first-order valence-corrected chi connectivity index (χ1v) is 12.8. The first kappa shape index (κ1) is 25.5.